The SMILES string of the molecule is COc1cc(C(C)C)cc(C(C)C)c1C. The van der Waals surface area contributed by atoms with Gasteiger partial charge >= 0.3 is 0 Å². The molecule has 0 aliphatic carbocycles. The van der Waals surface area contributed by atoms with Crippen LogP contribution in [0.25, 0.3) is 0 Å². The zero-order valence-electron chi connectivity index (χ0n) is 10.7. The summed E-state index contributed by atoms with van der Waals surface area (Å²) in [5, 5.41) is 0. The van der Waals surface area contributed by atoms with E-state index in [4.69, 9.17) is 4.74 Å². The molecule has 0 N–H and O–H groups in total. The smallest absolute Gasteiger partial charge is 0.122 e. The molecule has 15 heavy (non-hydrogen) atoms. The second kappa shape index (κ2) is 4.69. The molecule has 1 heteroatoms. The van der Waals surface area contributed by atoms with Crippen molar-refractivity contribution in [3.8, 4) is 5.75 Å². The van der Waals surface area contributed by atoms with Crippen molar-refractivity contribution in [3.63, 3.8) is 0 Å². The van der Waals surface area contributed by atoms with E-state index in [0.717, 1.165) is 5.75 Å². The van der Waals surface area contributed by atoms with Gasteiger partial charge in [-0.05, 0) is 41.5 Å². The lowest BCUT2D eigenvalue weighted by Gasteiger charge is -2.17. The number of benzene rings is 1. The van der Waals surface area contributed by atoms with Crippen LogP contribution in [0.15, 0.2) is 12.1 Å². The summed E-state index contributed by atoms with van der Waals surface area (Å²) in [4.78, 5) is 0. The Morgan fingerprint density at radius 1 is 1.00 bits per heavy atom. The first kappa shape index (κ1) is 12.1. The van der Waals surface area contributed by atoms with E-state index < -0.39 is 0 Å². The maximum absolute atomic E-state index is 5.43. The van der Waals surface area contributed by atoms with Crippen molar-refractivity contribution in [2.24, 2.45) is 0 Å². The molecule has 1 nitrogen and oxygen atoms in total. The van der Waals surface area contributed by atoms with Crippen LogP contribution in [-0.4, -0.2) is 7.11 Å². The van der Waals surface area contributed by atoms with E-state index in [0.29, 0.717) is 11.8 Å². The molecule has 0 spiro atoms. The summed E-state index contributed by atoms with van der Waals surface area (Å²) in [6.07, 6.45) is 0. The minimum absolute atomic E-state index is 0.553. The van der Waals surface area contributed by atoms with Crippen molar-refractivity contribution in [1.29, 1.82) is 0 Å². The van der Waals surface area contributed by atoms with Crippen molar-refractivity contribution in [2.75, 3.05) is 7.11 Å². The molecule has 84 valence electrons. The van der Waals surface area contributed by atoms with Gasteiger partial charge in [-0.15, -0.1) is 0 Å². The van der Waals surface area contributed by atoms with Gasteiger partial charge in [-0.25, -0.2) is 0 Å². The predicted octanol–water partition coefficient (Wildman–Crippen LogP) is 4.25. The summed E-state index contributed by atoms with van der Waals surface area (Å²) in [5.41, 5.74) is 4.04. The van der Waals surface area contributed by atoms with Crippen LogP contribution >= 0.6 is 0 Å². The van der Waals surface area contributed by atoms with E-state index >= 15 is 0 Å². The standard InChI is InChI=1S/C14H22O/c1-9(2)12-7-13(10(3)4)11(5)14(8-12)15-6/h7-10H,1-6H3. The summed E-state index contributed by atoms with van der Waals surface area (Å²) in [6.45, 7) is 11.0. The third-order valence-electron chi connectivity index (χ3n) is 2.93. The molecule has 0 saturated heterocycles. The summed E-state index contributed by atoms with van der Waals surface area (Å²) in [7, 11) is 1.75. The Bertz CT molecular complexity index is 337. The van der Waals surface area contributed by atoms with Crippen LogP contribution in [0.3, 0.4) is 0 Å². The average Bonchev–Trinajstić information content (AvgIpc) is 2.17. The van der Waals surface area contributed by atoms with Crippen molar-refractivity contribution in [2.45, 2.75) is 46.5 Å². The monoisotopic (exact) mass is 206 g/mol. The highest BCUT2D eigenvalue weighted by Gasteiger charge is 2.11. The van der Waals surface area contributed by atoms with Crippen molar-refractivity contribution in [3.05, 3.63) is 28.8 Å². The summed E-state index contributed by atoms with van der Waals surface area (Å²) in [5.74, 6) is 2.12. The molecule has 0 atom stereocenters. The van der Waals surface area contributed by atoms with Gasteiger partial charge < -0.3 is 4.74 Å². The lowest BCUT2D eigenvalue weighted by atomic mass is 9.91. The van der Waals surface area contributed by atoms with Crippen molar-refractivity contribution in [1.82, 2.24) is 0 Å². The summed E-state index contributed by atoms with van der Waals surface area (Å²) < 4.78 is 5.43. The highest BCUT2D eigenvalue weighted by atomic mass is 16.5. The van der Waals surface area contributed by atoms with Gasteiger partial charge in [0.15, 0.2) is 0 Å². The zero-order valence-corrected chi connectivity index (χ0v) is 10.7. The fraction of sp³-hybridized carbons (Fsp3) is 0.571. The quantitative estimate of drug-likeness (QED) is 0.718. The first-order valence-electron chi connectivity index (χ1n) is 5.65. The molecule has 0 saturated carbocycles. The van der Waals surface area contributed by atoms with Gasteiger partial charge in [0.05, 0.1) is 7.11 Å². The van der Waals surface area contributed by atoms with E-state index in [1.807, 2.05) is 0 Å². The molecular formula is C14H22O. The molecular weight excluding hydrogens is 184 g/mol. The Morgan fingerprint density at radius 2 is 1.60 bits per heavy atom. The van der Waals surface area contributed by atoms with Gasteiger partial charge in [0.2, 0.25) is 0 Å². The number of hydrogen-bond donors (Lipinski definition) is 0. The van der Waals surface area contributed by atoms with Gasteiger partial charge in [-0.1, -0.05) is 33.8 Å². The average molecular weight is 206 g/mol. The van der Waals surface area contributed by atoms with E-state index in [9.17, 15) is 0 Å². The fourth-order valence-electron chi connectivity index (χ4n) is 1.88. The molecule has 1 aromatic rings. The minimum Gasteiger partial charge on any atom is -0.496 e. The Hall–Kier alpha value is -0.980. The van der Waals surface area contributed by atoms with Gasteiger partial charge in [0.25, 0.3) is 0 Å². The zero-order chi connectivity index (χ0) is 11.6. The second-order valence-corrected chi connectivity index (χ2v) is 4.75. The number of ether oxygens (including phenoxy) is 1. The summed E-state index contributed by atoms with van der Waals surface area (Å²) >= 11 is 0. The molecule has 1 rings (SSSR count). The van der Waals surface area contributed by atoms with Crippen molar-refractivity contribution < 1.29 is 4.74 Å². The molecule has 0 aromatic heterocycles. The van der Waals surface area contributed by atoms with Crippen molar-refractivity contribution >= 4 is 0 Å². The molecule has 0 heterocycles. The van der Waals surface area contributed by atoms with Crippen LogP contribution in [0.5, 0.6) is 5.75 Å². The maximum atomic E-state index is 5.43. The third kappa shape index (κ3) is 2.53. The molecule has 0 aliphatic heterocycles. The minimum atomic E-state index is 0.553. The van der Waals surface area contributed by atoms with E-state index in [1.54, 1.807) is 7.11 Å². The Labute approximate surface area is 93.5 Å². The largest absolute Gasteiger partial charge is 0.496 e. The Balaban J connectivity index is 3.32. The second-order valence-electron chi connectivity index (χ2n) is 4.75. The van der Waals surface area contributed by atoms with Crippen LogP contribution in [0.1, 0.15) is 56.2 Å². The number of rotatable bonds is 3. The van der Waals surface area contributed by atoms with Crippen LogP contribution < -0.4 is 4.74 Å². The number of hydrogen-bond acceptors (Lipinski definition) is 1. The fourth-order valence-corrected chi connectivity index (χ4v) is 1.88. The van der Waals surface area contributed by atoms with Gasteiger partial charge in [-0.2, -0.15) is 0 Å². The first-order chi connectivity index (χ1) is 6.97. The van der Waals surface area contributed by atoms with Crippen LogP contribution in [0.4, 0.5) is 0 Å². The van der Waals surface area contributed by atoms with Crippen LogP contribution in [0.2, 0.25) is 0 Å². The van der Waals surface area contributed by atoms with Gasteiger partial charge in [-0.3, -0.25) is 0 Å². The van der Waals surface area contributed by atoms with E-state index in [-0.39, 0.29) is 0 Å². The van der Waals surface area contributed by atoms with Crippen LogP contribution in [-0.2, 0) is 0 Å². The predicted molar refractivity (Wildman–Crippen MR) is 65.9 cm³/mol. The lowest BCUT2D eigenvalue weighted by Crippen LogP contribution is -1.99. The number of methoxy groups -OCH3 is 1. The molecule has 0 fully saturated rings. The van der Waals surface area contributed by atoms with E-state index in [2.05, 4.69) is 46.8 Å². The maximum Gasteiger partial charge on any atom is 0.122 e. The normalized spacial score (nSPS) is 11.2. The van der Waals surface area contributed by atoms with Crippen LogP contribution in [0, 0.1) is 6.92 Å². The third-order valence-corrected chi connectivity index (χ3v) is 2.93. The topological polar surface area (TPSA) is 9.23 Å². The van der Waals surface area contributed by atoms with Gasteiger partial charge in [0, 0.05) is 0 Å². The molecule has 0 amide bonds. The first-order valence-corrected chi connectivity index (χ1v) is 5.65. The lowest BCUT2D eigenvalue weighted by molar-refractivity contribution is 0.410. The Morgan fingerprint density at radius 3 is 2.00 bits per heavy atom. The highest BCUT2D eigenvalue weighted by molar-refractivity contribution is 5.45. The van der Waals surface area contributed by atoms with E-state index in [1.165, 1.54) is 16.7 Å². The van der Waals surface area contributed by atoms with Gasteiger partial charge in [0.1, 0.15) is 5.75 Å². The molecule has 1 aromatic carbocycles. The molecule has 0 radical (unpaired) electrons. The molecule has 0 aliphatic rings. The summed E-state index contributed by atoms with van der Waals surface area (Å²) in [6, 6.07) is 4.47. The molecule has 0 unspecified atom stereocenters. The molecule has 0 bridgehead atoms. The Kier molecular flexibility index (Phi) is 3.78. The highest BCUT2D eigenvalue weighted by Crippen LogP contribution is 2.31.